The normalized spacial score (nSPS) is 19.7. The first kappa shape index (κ1) is 17.1. The SMILES string of the molecule is COC(=O)C1=C(C(=O)OC)C2c3c(Cl)cccc3C1c1cccc(Cl)c12. The van der Waals surface area contributed by atoms with Gasteiger partial charge in [-0.05, 0) is 34.4 Å². The fraction of sp³-hybridized carbons (Fsp3) is 0.200. The number of hydrogen-bond acceptors (Lipinski definition) is 4. The van der Waals surface area contributed by atoms with E-state index in [1.807, 2.05) is 24.3 Å². The molecule has 0 spiro atoms. The fourth-order valence-electron chi connectivity index (χ4n) is 4.12. The van der Waals surface area contributed by atoms with E-state index in [9.17, 15) is 9.59 Å². The van der Waals surface area contributed by atoms with Crippen molar-refractivity contribution in [3.63, 3.8) is 0 Å². The van der Waals surface area contributed by atoms with Crippen LogP contribution in [-0.2, 0) is 19.1 Å². The fourth-order valence-corrected chi connectivity index (χ4v) is 4.70. The van der Waals surface area contributed by atoms with Crippen molar-refractivity contribution in [2.75, 3.05) is 14.2 Å². The summed E-state index contributed by atoms with van der Waals surface area (Å²) in [5, 5.41) is 1.04. The van der Waals surface area contributed by atoms with Crippen molar-refractivity contribution in [2.45, 2.75) is 11.8 Å². The Hall–Kier alpha value is -2.30. The van der Waals surface area contributed by atoms with E-state index in [4.69, 9.17) is 32.7 Å². The van der Waals surface area contributed by atoms with Crippen LogP contribution in [0.15, 0.2) is 47.5 Å². The summed E-state index contributed by atoms with van der Waals surface area (Å²) in [6.45, 7) is 0. The molecule has 0 aliphatic heterocycles. The number of esters is 2. The Balaban J connectivity index is 2.14. The third-order valence-electron chi connectivity index (χ3n) is 5.05. The largest absolute Gasteiger partial charge is 0.466 e. The summed E-state index contributed by atoms with van der Waals surface area (Å²) in [5.74, 6) is -2.20. The van der Waals surface area contributed by atoms with Crippen molar-refractivity contribution in [2.24, 2.45) is 0 Å². The molecule has 0 N–H and O–H groups in total. The van der Waals surface area contributed by atoms with Crippen LogP contribution >= 0.6 is 23.2 Å². The zero-order valence-electron chi connectivity index (χ0n) is 14.0. The zero-order chi connectivity index (χ0) is 18.6. The maximum atomic E-state index is 12.7. The van der Waals surface area contributed by atoms with Crippen molar-refractivity contribution < 1.29 is 19.1 Å². The van der Waals surface area contributed by atoms with Gasteiger partial charge in [-0.25, -0.2) is 9.59 Å². The second-order valence-corrected chi connectivity index (χ2v) is 6.98. The third kappa shape index (κ3) is 2.15. The maximum absolute atomic E-state index is 12.7. The van der Waals surface area contributed by atoms with Crippen molar-refractivity contribution in [1.29, 1.82) is 0 Å². The monoisotopic (exact) mass is 388 g/mol. The Labute approximate surface area is 160 Å². The molecule has 3 aliphatic rings. The van der Waals surface area contributed by atoms with Crippen LogP contribution in [0.5, 0.6) is 0 Å². The predicted octanol–water partition coefficient (Wildman–Crippen LogP) is 4.23. The molecule has 0 saturated heterocycles. The van der Waals surface area contributed by atoms with E-state index < -0.39 is 23.8 Å². The Bertz CT molecular complexity index is 940. The first-order valence-corrected chi connectivity index (χ1v) is 8.74. The lowest BCUT2D eigenvalue weighted by molar-refractivity contribution is -0.140. The molecule has 0 heterocycles. The van der Waals surface area contributed by atoms with Gasteiger partial charge in [-0.15, -0.1) is 0 Å². The molecule has 26 heavy (non-hydrogen) atoms. The van der Waals surface area contributed by atoms with E-state index in [2.05, 4.69) is 0 Å². The van der Waals surface area contributed by atoms with E-state index in [1.54, 1.807) is 12.1 Å². The minimum absolute atomic E-state index is 0.241. The number of benzene rings is 2. The van der Waals surface area contributed by atoms with E-state index in [0.717, 1.165) is 22.3 Å². The lowest BCUT2D eigenvalue weighted by Gasteiger charge is -2.42. The summed E-state index contributed by atoms with van der Waals surface area (Å²) in [6.07, 6.45) is 0. The lowest BCUT2D eigenvalue weighted by Crippen LogP contribution is -2.35. The molecule has 2 aromatic carbocycles. The summed E-state index contributed by atoms with van der Waals surface area (Å²) in [5.41, 5.74) is 3.86. The highest BCUT2D eigenvalue weighted by Gasteiger charge is 2.49. The van der Waals surface area contributed by atoms with Crippen molar-refractivity contribution in [1.82, 2.24) is 0 Å². The van der Waals surface area contributed by atoms with Crippen LogP contribution in [-0.4, -0.2) is 26.2 Å². The maximum Gasteiger partial charge on any atom is 0.335 e. The van der Waals surface area contributed by atoms with E-state index in [1.165, 1.54) is 14.2 Å². The molecule has 0 amide bonds. The van der Waals surface area contributed by atoms with Crippen molar-refractivity contribution >= 4 is 35.1 Å². The van der Waals surface area contributed by atoms with Crippen molar-refractivity contribution in [3.05, 3.63) is 79.8 Å². The predicted molar refractivity (Wildman–Crippen MR) is 97.6 cm³/mol. The number of rotatable bonds is 2. The van der Waals surface area contributed by atoms with Crippen LogP contribution in [0.4, 0.5) is 0 Å². The Morgan fingerprint density at radius 3 is 1.62 bits per heavy atom. The van der Waals surface area contributed by atoms with Crippen LogP contribution in [0.3, 0.4) is 0 Å². The number of hydrogen-bond donors (Lipinski definition) is 0. The summed E-state index contributed by atoms with van der Waals surface area (Å²) in [7, 11) is 2.58. The minimum Gasteiger partial charge on any atom is -0.466 e. The molecule has 6 heteroatoms. The van der Waals surface area contributed by atoms with Gasteiger partial charge in [0, 0.05) is 21.9 Å². The highest BCUT2D eigenvalue weighted by molar-refractivity contribution is 6.33. The van der Waals surface area contributed by atoms with Gasteiger partial charge in [0.2, 0.25) is 0 Å². The molecule has 132 valence electrons. The molecular formula is C20H14Cl2O4. The number of methoxy groups -OCH3 is 2. The number of carbonyl (C=O) groups excluding carboxylic acids is 2. The quantitative estimate of drug-likeness (QED) is 0.722. The number of halogens is 2. The van der Waals surface area contributed by atoms with Gasteiger partial charge < -0.3 is 9.47 Å². The van der Waals surface area contributed by atoms with Gasteiger partial charge in [0.25, 0.3) is 0 Å². The van der Waals surface area contributed by atoms with Crippen molar-refractivity contribution in [3.8, 4) is 0 Å². The van der Waals surface area contributed by atoms with E-state index in [0.29, 0.717) is 10.0 Å². The third-order valence-corrected chi connectivity index (χ3v) is 5.71. The summed E-state index contributed by atoms with van der Waals surface area (Å²) in [6, 6.07) is 11.0. The molecule has 4 nitrogen and oxygen atoms in total. The molecule has 2 bridgehead atoms. The van der Waals surface area contributed by atoms with Gasteiger partial charge in [-0.1, -0.05) is 47.5 Å². The van der Waals surface area contributed by atoms with Gasteiger partial charge in [-0.3, -0.25) is 0 Å². The Kier molecular flexibility index (Phi) is 4.05. The summed E-state index contributed by atoms with van der Waals surface area (Å²) >= 11 is 13.0. The van der Waals surface area contributed by atoms with Gasteiger partial charge in [0.1, 0.15) is 0 Å². The second-order valence-electron chi connectivity index (χ2n) is 6.16. The van der Waals surface area contributed by atoms with Gasteiger partial charge in [0.15, 0.2) is 0 Å². The molecule has 5 rings (SSSR count). The first-order chi connectivity index (χ1) is 12.5. The van der Waals surface area contributed by atoms with Crippen LogP contribution in [0.1, 0.15) is 34.1 Å². The van der Waals surface area contributed by atoms with Gasteiger partial charge in [0.05, 0.1) is 25.4 Å². The molecule has 3 aliphatic carbocycles. The standard InChI is InChI=1S/C20H14Cl2O4/c1-25-19(23)17-13-9-5-3-7-11(21)14(9)16(18(17)20(24)26-2)15-10(13)6-4-8-12(15)22/h3-8,13,16H,1-2H3. The van der Waals surface area contributed by atoms with Gasteiger partial charge >= 0.3 is 11.9 Å². The molecule has 0 unspecified atom stereocenters. The van der Waals surface area contributed by atoms with E-state index in [-0.39, 0.29) is 11.1 Å². The molecule has 2 aromatic rings. The summed E-state index contributed by atoms with van der Waals surface area (Å²) < 4.78 is 9.97. The smallest absolute Gasteiger partial charge is 0.335 e. The molecule has 0 aromatic heterocycles. The average molecular weight is 389 g/mol. The topological polar surface area (TPSA) is 52.6 Å². The van der Waals surface area contributed by atoms with Crippen LogP contribution < -0.4 is 0 Å². The zero-order valence-corrected chi connectivity index (χ0v) is 15.5. The first-order valence-electron chi connectivity index (χ1n) is 7.98. The Morgan fingerprint density at radius 1 is 0.769 bits per heavy atom. The average Bonchev–Trinajstić information content (AvgIpc) is 2.66. The highest BCUT2D eigenvalue weighted by Crippen LogP contribution is 2.58. The molecule has 0 fully saturated rings. The minimum atomic E-state index is -0.587. The number of ether oxygens (including phenoxy) is 2. The van der Waals surface area contributed by atoms with E-state index >= 15 is 0 Å². The molecule has 0 atom stereocenters. The lowest BCUT2D eigenvalue weighted by atomic mass is 9.61. The second kappa shape index (κ2) is 6.15. The Morgan fingerprint density at radius 2 is 1.19 bits per heavy atom. The van der Waals surface area contributed by atoms with Crippen LogP contribution in [0, 0.1) is 0 Å². The molecule has 0 saturated carbocycles. The molecule has 0 radical (unpaired) electrons. The van der Waals surface area contributed by atoms with Crippen LogP contribution in [0.25, 0.3) is 0 Å². The number of carbonyl (C=O) groups is 2. The molecular weight excluding hydrogens is 375 g/mol. The van der Waals surface area contributed by atoms with Crippen LogP contribution in [0.2, 0.25) is 10.0 Å². The summed E-state index contributed by atoms with van der Waals surface area (Å²) in [4.78, 5) is 25.3. The highest BCUT2D eigenvalue weighted by atomic mass is 35.5. The van der Waals surface area contributed by atoms with Gasteiger partial charge in [-0.2, -0.15) is 0 Å².